The van der Waals surface area contributed by atoms with E-state index in [1.165, 1.54) is 40.5 Å². The largest absolute Gasteiger partial charge is 0.507 e. The maximum Gasteiger partial charge on any atom is 0.335 e. The van der Waals surface area contributed by atoms with Gasteiger partial charge in [-0.25, -0.2) is 4.79 Å². The molecule has 0 saturated carbocycles. The van der Waals surface area contributed by atoms with Crippen molar-refractivity contribution in [2.24, 2.45) is 0 Å². The van der Waals surface area contributed by atoms with Gasteiger partial charge in [-0.3, -0.25) is 0 Å². The second-order valence-corrected chi connectivity index (χ2v) is 9.23. The number of carboxylic acid groups (broad SMARTS) is 1. The molecule has 4 rings (SSSR count). The van der Waals surface area contributed by atoms with Crippen molar-refractivity contribution in [1.29, 1.82) is 0 Å². The number of hydrogen-bond donors (Lipinski definition) is 2. The van der Waals surface area contributed by atoms with Crippen molar-refractivity contribution in [3.8, 4) is 17.6 Å². The van der Waals surface area contributed by atoms with Crippen LogP contribution in [0.25, 0.3) is 5.57 Å². The summed E-state index contributed by atoms with van der Waals surface area (Å²) < 4.78 is 5.23. The van der Waals surface area contributed by atoms with Gasteiger partial charge in [0.15, 0.2) is 0 Å². The summed E-state index contributed by atoms with van der Waals surface area (Å²) in [7, 11) is 1.70. The van der Waals surface area contributed by atoms with Crippen LogP contribution in [0.4, 0.5) is 0 Å². The van der Waals surface area contributed by atoms with Crippen molar-refractivity contribution in [3.05, 3.63) is 106 Å². The molecular formula is C30H28O4. The SMILES string of the molecule is COCc1ccc(C2=CCC(C)(C)c3cc(CC#Cc4ccc(C(=O)O)cc4O)ccc32)cc1. The first-order chi connectivity index (χ1) is 16.3. The Labute approximate surface area is 200 Å². The van der Waals surface area contributed by atoms with Gasteiger partial charge in [0.1, 0.15) is 5.75 Å². The molecule has 172 valence electrons. The Balaban J connectivity index is 1.59. The third-order valence-corrected chi connectivity index (χ3v) is 6.26. The highest BCUT2D eigenvalue weighted by molar-refractivity contribution is 5.88. The molecule has 0 heterocycles. The maximum absolute atomic E-state index is 11.0. The van der Waals surface area contributed by atoms with Crippen LogP contribution in [0, 0.1) is 11.8 Å². The smallest absolute Gasteiger partial charge is 0.335 e. The molecule has 3 aromatic rings. The van der Waals surface area contributed by atoms with E-state index >= 15 is 0 Å². The fourth-order valence-corrected chi connectivity index (χ4v) is 4.31. The first-order valence-corrected chi connectivity index (χ1v) is 11.3. The average Bonchev–Trinajstić information content (AvgIpc) is 2.81. The number of carboxylic acids is 1. The predicted molar refractivity (Wildman–Crippen MR) is 134 cm³/mol. The van der Waals surface area contributed by atoms with Gasteiger partial charge in [-0.15, -0.1) is 0 Å². The number of allylic oxidation sites excluding steroid dienone is 1. The Kier molecular flexibility index (Phi) is 6.58. The number of aromatic carboxylic acids is 1. The summed E-state index contributed by atoms with van der Waals surface area (Å²) in [4.78, 5) is 11.0. The molecule has 2 N–H and O–H groups in total. The molecule has 0 aromatic heterocycles. The van der Waals surface area contributed by atoms with Crippen molar-refractivity contribution in [1.82, 2.24) is 0 Å². The molecule has 0 fully saturated rings. The molecule has 4 heteroatoms. The van der Waals surface area contributed by atoms with Crippen LogP contribution in [0.5, 0.6) is 5.75 Å². The first-order valence-electron chi connectivity index (χ1n) is 11.3. The Hall–Kier alpha value is -3.81. The molecule has 0 aliphatic heterocycles. The third kappa shape index (κ3) is 4.90. The predicted octanol–water partition coefficient (Wildman–Crippen LogP) is 5.94. The number of benzene rings is 3. The molecule has 0 radical (unpaired) electrons. The number of phenols is 1. The van der Waals surface area contributed by atoms with E-state index in [0.717, 1.165) is 17.5 Å². The molecule has 1 aliphatic carbocycles. The molecule has 1 aliphatic rings. The number of carbonyl (C=O) groups is 1. The van der Waals surface area contributed by atoms with E-state index in [9.17, 15) is 9.90 Å². The summed E-state index contributed by atoms with van der Waals surface area (Å²) in [6.45, 7) is 5.13. The number of ether oxygens (including phenoxy) is 1. The second-order valence-electron chi connectivity index (χ2n) is 9.23. The maximum atomic E-state index is 11.0. The summed E-state index contributed by atoms with van der Waals surface area (Å²) in [5.41, 5.74) is 7.74. The highest BCUT2D eigenvalue weighted by atomic mass is 16.5. The number of phenolic OH excluding ortho intramolecular Hbond substituents is 1. The quantitative estimate of drug-likeness (QED) is 0.470. The molecule has 0 bridgehead atoms. The number of hydrogen-bond acceptors (Lipinski definition) is 3. The zero-order chi connectivity index (χ0) is 24.3. The fraction of sp³-hybridized carbons (Fsp3) is 0.233. The van der Waals surface area contributed by atoms with Crippen LogP contribution in [0.15, 0.2) is 66.7 Å². The minimum Gasteiger partial charge on any atom is -0.507 e. The van der Waals surface area contributed by atoms with Gasteiger partial charge < -0.3 is 14.9 Å². The second kappa shape index (κ2) is 9.59. The van der Waals surface area contributed by atoms with Gasteiger partial charge in [0.25, 0.3) is 0 Å². The zero-order valence-corrected chi connectivity index (χ0v) is 19.7. The first kappa shape index (κ1) is 23.4. The molecule has 0 unspecified atom stereocenters. The number of methoxy groups -OCH3 is 1. The molecule has 0 saturated heterocycles. The minimum absolute atomic E-state index is 0.0171. The van der Waals surface area contributed by atoms with E-state index < -0.39 is 5.97 Å². The van der Waals surface area contributed by atoms with E-state index in [-0.39, 0.29) is 16.7 Å². The van der Waals surface area contributed by atoms with Crippen LogP contribution in [0.2, 0.25) is 0 Å². The van der Waals surface area contributed by atoms with Gasteiger partial charge >= 0.3 is 5.97 Å². The molecule has 0 amide bonds. The summed E-state index contributed by atoms with van der Waals surface area (Å²) in [5.74, 6) is 4.88. The van der Waals surface area contributed by atoms with Gasteiger partial charge in [-0.1, -0.05) is 74.2 Å². The van der Waals surface area contributed by atoms with Gasteiger partial charge in [0.05, 0.1) is 17.7 Å². The van der Waals surface area contributed by atoms with E-state index in [1.807, 2.05) is 0 Å². The monoisotopic (exact) mass is 452 g/mol. The Morgan fingerprint density at radius 3 is 2.44 bits per heavy atom. The van der Waals surface area contributed by atoms with Crippen LogP contribution in [-0.4, -0.2) is 23.3 Å². The van der Waals surface area contributed by atoms with Gasteiger partial charge in [-0.2, -0.15) is 0 Å². The molecule has 0 spiro atoms. The van der Waals surface area contributed by atoms with Gasteiger partial charge in [-0.05, 0) is 63.4 Å². The van der Waals surface area contributed by atoms with Crippen molar-refractivity contribution >= 4 is 11.5 Å². The molecule has 0 atom stereocenters. The van der Waals surface area contributed by atoms with Crippen LogP contribution in [0.3, 0.4) is 0 Å². The summed E-state index contributed by atoms with van der Waals surface area (Å²) in [6, 6.07) is 19.3. The van der Waals surface area contributed by atoms with Crippen LogP contribution in [0.1, 0.15) is 64.0 Å². The summed E-state index contributed by atoms with van der Waals surface area (Å²) in [5, 5.41) is 19.1. The van der Waals surface area contributed by atoms with Crippen LogP contribution >= 0.6 is 0 Å². The van der Waals surface area contributed by atoms with Crippen molar-refractivity contribution in [2.45, 2.75) is 38.7 Å². The minimum atomic E-state index is -1.08. The summed E-state index contributed by atoms with van der Waals surface area (Å²) >= 11 is 0. The number of aromatic hydroxyl groups is 1. The van der Waals surface area contributed by atoms with E-state index in [4.69, 9.17) is 9.84 Å². The topological polar surface area (TPSA) is 66.8 Å². The third-order valence-electron chi connectivity index (χ3n) is 6.26. The number of fused-ring (bicyclic) bond motifs is 1. The summed E-state index contributed by atoms with van der Waals surface area (Å²) in [6.07, 6.45) is 3.82. The lowest BCUT2D eigenvalue weighted by Crippen LogP contribution is -2.22. The fourth-order valence-electron chi connectivity index (χ4n) is 4.31. The highest BCUT2D eigenvalue weighted by Crippen LogP contribution is 2.41. The van der Waals surface area contributed by atoms with E-state index in [0.29, 0.717) is 18.6 Å². The Morgan fingerprint density at radius 1 is 1.03 bits per heavy atom. The van der Waals surface area contributed by atoms with Crippen molar-refractivity contribution in [3.63, 3.8) is 0 Å². The normalized spacial score (nSPS) is 13.9. The average molecular weight is 453 g/mol. The van der Waals surface area contributed by atoms with Crippen molar-refractivity contribution < 1.29 is 19.7 Å². The number of rotatable bonds is 5. The van der Waals surface area contributed by atoms with Crippen LogP contribution < -0.4 is 0 Å². The van der Waals surface area contributed by atoms with Gasteiger partial charge in [0, 0.05) is 13.5 Å². The van der Waals surface area contributed by atoms with Crippen LogP contribution in [-0.2, 0) is 23.2 Å². The molecule has 4 nitrogen and oxygen atoms in total. The van der Waals surface area contributed by atoms with E-state index in [2.05, 4.69) is 74.2 Å². The lowest BCUT2D eigenvalue weighted by atomic mass is 9.71. The zero-order valence-electron chi connectivity index (χ0n) is 19.7. The molecular weight excluding hydrogens is 424 g/mol. The Morgan fingerprint density at radius 2 is 1.76 bits per heavy atom. The lowest BCUT2D eigenvalue weighted by Gasteiger charge is -2.32. The highest BCUT2D eigenvalue weighted by Gasteiger charge is 2.28. The van der Waals surface area contributed by atoms with E-state index in [1.54, 1.807) is 7.11 Å². The standard InChI is InChI=1S/C30H28O4/c1-30(2)16-15-25(22-10-7-21(8-11-22)19-34-3)26-14-9-20(17-27(26)30)5-4-6-23-12-13-24(29(32)33)18-28(23)31/h7-15,17-18,31H,5,16,19H2,1-3H3,(H,32,33). The van der Waals surface area contributed by atoms with Gasteiger partial charge in [0.2, 0.25) is 0 Å². The van der Waals surface area contributed by atoms with Crippen molar-refractivity contribution in [2.75, 3.05) is 7.11 Å². The molecule has 3 aromatic carbocycles. The lowest BCUT2D eigenvalue weighted by molar-refractivity contribution is 0.0696. The molecule has 34 heavy (non-hydrogen) atoms. The Bertz CT molecular complexity index is 1320.